The highest BCUT2D eigenvalue weighted by Crippen LogP contribution is 2.56. The highest BCUT2D eigenvalue weighted by Gasteiger charge is 2.44. The first-order valence-corrected chi connectivity index (χ1v) is 8.99. The van der Waals surface area contributed by atoms with Crippen LogP contribution in [0.5, 0.6) is 0 Å². The number of nitrogens with one attached hydrogen (secondary N) is 2. The van der Waals surface area contributed by atoms with Crippen LogP contribution in [0.3, 0.4) is 0 Å². The van der Waals surface area contributed by atoms with E-state index in [1.807, 2.05) is 0 Å². The average Bonchev–Trinajstić information content (AvgIpc) is 3.31. The van der Waals surface area contributed by atoms with Crippen molar-refractivity contribution in [2.24, 2.45) is 0 Å². The maximum absolute atomic E-state index is 14.2. The number of hydrogen-bond donors (Lipinski definition) is 2. The molecule has 0 spiro atoms. The Morgan fingerprint density at radius 2 is 1.86 bits per heavy atom. The number of amides is 3. The van der Waals surface area contributed by atoms with Gasteiger partial charge in [-0.3, -0.25) is 10.1 Å². The van der Waals surface area contributed by atoms with Crippen LogP contribution < -0.4 is 10.6 Å². The largest absolute Gasteiger partial charge is 0.337 e. The van der Waals surface area contributed by atoms with E-state index < -0.39 is 41.2 Å². The number of rotatable bonds is 3. The van der Waals surface area contributed by atoms with E-state index in [1.165, 1.54) is 10.7 Å². The fourth-order valence-electron chi connectivity index (χ4n) is 3.90. The Kier molecular flexibility index (Phi) is 3.83. The SMILES string of the molecule is O=C1NCC(c2cc([C@@H]3C[C@H]3c3cc(F)cc(F)c3F)c3nccn3n2)C(=O)N1. The van der Waals surface area contributed by atoms with Gasteiger partial charge in [-0.2, -0.15) is 5.10 Å². The van der Waals surface area contributed by atoms with Gasteiger partial charge in [0.15, 0.2) is 17.3 Å². The maximum Gasteiger partial charge on any atom is 0.321 e. The number of halogens is 3. The first-order chi connectivity index (χ1) is 13.9. The monoisotopic (exact) mass is 401 g/mol. The van der Waals surface area contributed by atoms with Gasteiger partial charge in [0.05, 0.1) is 11.6 Å². The number of carbonyl (C=O) groups excluding carboxylic acids is 2. The van der Waals surface area contributed by atoms with Gasteiger partial charge < -0.3 is 5.32 Å². The lowest BCUT2D eigenvalue weighted by atomic mass is 9.99. The zero-order chi connectivity index (χ0) is 20.3. The van der Waals surface area contributed by atoms with Crippen LogP contribution in [0.15, 0.2) is 30.6 Å². The third-order valence-corrected chi connectivity index (χ3v) is 5.39. The molecule has 1 saturated heterocycles. The van der Waals surface area contributed by atoms with Crippen LogP contribution in [0.25, 0.3) is 5.65 Å². The Hall–Kier alpha value is -3.43. The molecule has 1 aliphatic heterocycles. The fraction of sp³-hybridized carbons (Fsp3) is 0.263. The molecule has 3 heterocycles. The number of imide groups is 1. The molecular formula is C19H14F3N5O2. The number of nitrogens with zero attached hydrogens (tertiary/aromatic N) is 3. The lowest BCUT2D eigenvalue weighted by molar-refractivity contribution is -0.122. The Bertz CT molecular complexity index is 1180. The molecule has 148 valence electrons. The molecule has 10 heteroatoms. The van der Waals surface area contributed by atoms with Crippen molar-refractivity contribution in [3.63, 3.8) is 0 Å². The molecule has 1 unspecified atom stereocenters. The second-order valence-corrected chi connectivity index (χ2v) is 7.21. The topological polar surface area (TPSA) is 88.4 Å². The van der Waals surface area contributed by atoms with Crippen LogP contribution in [-0.2, 0) is 4.79 Å². The molecule has 29 heavy (non-hydrogen) atoms. The third kappa shape index (κ3) is 2.91. The minimum absolute atomic E-state index is 0.0155. The molecule has 3 amide bonds. The Labute approximate surface area is 161 Å². The number of imidazole rings is 1. The molecular weight excluding hydrogens is 387 g/mol. The maximum atomic E-state index is 14.2. The minimum atomic E-state index is -1.22. The van der Waals surface area contributed by atoms with E-state index in [4.69, 9.17) is 0 Å². The van der Waals surface area contributed by atoms with Gasteiger partial charge in [-0.25, -0.2) is 27.5 Å². The van der Waals surface area contributed by atoms with E-state index in [9.17, 15) is 22.8 Å². The minimum Gasteiger partial charge on any atom is -0.337 e. The predicted molar refractivity (Wildman–Crippen MR) is 93.7 cm³/mol. The second kappa shape index (κ2) is 6.29. The summed E-state index contributed by atoms with van der Waals surface area (Å²) in [6.07, 6.45) is 3.64. The zero-order valence-corrected chi connectivity index (χ0v) is 14.8. The van der Waals surface area contributed by atoms with Crippen LogP contribution >= 0.6 is 0 Å². The number of hydrogen-bond acceptors (Lipinski definition) is 4. The van der Waals surface area contributed by atoms with E-state index in [-0.39, 0.29) is 18.0 Å². The van der Waals surface area contributed by atoms with Crippen LogP contribution in [0.2, 0.25) is 0 Å². The lowest BCUT2D eigenvalue weighted by Crippen LogP contribution is -2.51. The van der Waals surface area contributed by atoms with E-state index in [0.29, 0.717) is 29.4 Å². The third-order valence-electron chi connectivity index (χ3n) is 5.39. The quantitative estimate of drug-likeness (QED) is 0.660. The van der Waals surface area contributed by atoms with Crippen LogP contribution in [0, 0.1) is 17.5 Å². The van der Waals surface area contributed by atoms with Gasteiger partial charge in [-0.05, 0) is 36.0 Å². The van der Waals surface area contributed by atoms with Gasteiger partial charge >= 0.3 is 6.03 Å². The normalized spacial score (nSPS) is 23.8. The van der Waals surface area contributed by atoms with Crippen molar-refractivity contribution < 1.29 is 22.8 Å². The van der Waals surface area contributed by atoms with Gasteiger partial charge in [0.1, 0.15) is 5.82 Å². The average molecular weight is 401 g/mol. The molecule has 5 rings (SSSR count). The fourth-order valence-corrected chi connectivity index (χ4v) is 3.90. The van der Waals surface area contributed by atoms with Crippen LogP contribution in [0.4, 0.5) is 18.0 Å². The molecule has 0 radical (unpaired) electrons. The van der Waals surface area contributed by atoms with Gasteiger partial charge in [0.25, 0.3) is 0 Å². The summed E-state index contributed by atoms with van der Waals surface area (Å²) in [5.41, 5.74) is 1.63. The van der Waals surface area contributed by atoms with Gasteiger partial charge in [-0.15, -0.1) is 0 Å². The van der Waals surface area contributed by atoms with Crippen molar-refractivity contribution >= 4 is 17.6 Å². The smallest absolute Gasteiger partial charge is 0.321 e. The first kappa shape index (κ1) is 17.7. The number of benzene rings is 1. The molecule has 3 aromatic rings. The first-order valence-electron chi connectivity index (χ1n) is 8.99. The lowest BCUT2D eigenvalue weighted by Gasteiger charge is -2.22. The summed E-state index contributed by atoms with van der Waals surface area (Å²) in [7, 11) is 0. The number of fused-ring (bicyclic) bond motifs is 1. The van der Waals surface area contributed by atoms with E-state index in [2.05, 4.69) is 20.7 Å². The molecule has 0 bridgehead atoms. The molecule has 7 nitrogen and oxygen atoms in total. The van der Waals surface area contributed by atoms with Crippen molar-refractivity contribution in [2.45, 2.75) is 24.2 Å². The summed E-state index contributed by atoms with van der Waals surface area (Å²) in [5, 5.41) is 9.15. The Morgan fingerprint density at radius 1 is 1.07 bits per heavy atom. The standard InChI is InChI=1S/C19H14F3N5O2/c20-8-3-11(16(22)14(21)4-8)9-5-10(9)12-6-15(26-27-2-1-23-17(12)27)13-7-24-19(29)25-18(13)28/h1-4,6,9-10,13H,5,7H2,(H2,24,25,28,29)/t9-,10-,13?/m1/s1. The summed E-state index contributed by atoms with van der Waals surface area (Å²) < 4.78 is 42.9. The summed E-state index contributed by atoms with van der Waals surface area (Å²) in [5.74, 6) is -4.91. The van der Waals surface area contributed by atoms with Crippen molar-refractivity contribution in [1.82, 2.24) is 25.2 Å². The number of urea groups is 1. The summed E-state index contributed by atoms with van der Waals surface area (Å²) >= 11 is 0. The predicted octanol–water partition coefficient (Wildman–Crippen LogP) is 2.34. The van der Waals surface area contributed by atoms with Gasteiger partial charge in [0, 0.05) is 30.6 Å². The highest BCUT2D eigenvalue weighted by atomic mass is 19.2. The molecule has 1 saturated carbocycles. The number of carbonyl (C=O) groups is 2. The second-order valence-electron chi connectivity index (χ2n) is 7.21. The van der Waals surface area contributed by atoms with Crippen molar-refractivity contribution in [1.29, 1.82) is 0 Å². The van der Waals surface area contributed by atoms with Crippen molar-refractivity contribution in [2.75, 3.05) is 6.54 Å². The van der Waals surface area contributed by atoms with Gasteiger partial charge in [0.2, 0.25) is 5.91 Å². The molecule has 3 atom stereocenters. The highest BCUT2D eigenvalue weighted by molar-refractivity contribution is 6.00. The van der Waals surface area contributed by atoms with Crippen molar-refractivity contribution in [3.05, 3.63) is 64.9 Å². The van der Waals surface area contributed by atoms with E-state index in [0.717, 1.165) is 6.07 Å². The number of aromatic nitrogens is 3. The van der Waals surface area contributed by atoms with Gasteiger partial charge in [-0.1, -0.05) is 0 Å². The van der Waals surface area contributed by atoms with Crippen molar-refractivity contribution in [3.8, 4) is 0 Å². The molecule has 2 aliphatic rings. The molecule has 2 fully saturated rings. The summed E-state index contributed by atoms with van der Waals surface area (Å²) in [6.45, 7) is 0.0924. The van der Waals surface area contributed by atoms with Crippen LogP contribution in [0.1, 0.15) is 41.0 Å². The zero-order valence-electron chi connectivity index (χ0n) is 14.8. The molecule has 2 aromatic heterocycles. The molecule has 1 aliphatic carbocycles. The van der Waals surface area contributed by atoms with Crippen LogP contribution in [-0.4, -0.2) is 33.1 Å². The Balaban J connectivity index is 1.54. The molecule has 1 aromatic carbocycles. The van der Waals surface area contributed by atoms with E-state index >= 15 is 0 Å². The summed E-state index contributed by atoms with van der Waals surface area (Å²) in [4.78, 5) is 27.8. The molecule has 2 N–H and O–H groups in total. The Morgan fingerprint density at radius 3 is 2.66 bits per heavy atom. The summed E-state index contributed by atoms with van der Waals surface area (Å²) in [6, 6.07) is 2.66. The van der Waals surface area contributed by atoms with E-state index in [1.54, 1.807) is 12.3 Å².